The summed E-state index contributed by atoms with van der Waals surface area (Å²) in [6, 6.07) is 6.64. The van der Waals surface area contributed by atoms with E-state index >= 15 is 0 Å². The van der Waals surface area contributed by atoms with E-state index in [0.717, 1.165) is 25.9 Å². The summed E-state index contributed by atoms with van der Waals surface area (Å²) in [5, 5.41) is 0. The van der Waals surface area contributed by atoms with Crippen molar-refractivity contribution < 1.29 is 18.7 Å². The number of hydrogen-bond donors (Lipinski definition) is 0. The van der Waals surface area contributed by atoms with Crippen LogP contribution in [0.4, 0.5) is 4.39 Å². The Hall–Kier alpha value is -1.46. The topological polar surface area (TPSA) is 38.8 Å². The molecule has 2 aliphatic rings. The number of amides is 1. The van der Waals surface area contributed by atoms with E-state index in [-0.39, 0.29) is 23.4 Å². The number of nitrogens with zero attached hydrogens (tertiary/aromatic N) is 1. The summed E-state index contributed by atoms with van der Waals surface area (Å²) in [6.45, 7) is 2.00. The van der Waals surface area contributed by atoms with Crippen molar-refractivity contribution in [1.29, 1.82) is 0 Å². The Morgan fingerprint density at radius 1 is 1.48 bits per heavy atom. The lowest BCUT2D eigenvalue weighted by molar-refractivity contribution is -0.160. The number of benzene rings is 1. The minimum atomic E-state index is -0.347. The highest BCUT2D eigenvalue weighted by Crippen LogP contribution is 2.36. The third-order valence-corrected chi connectivity index (χ3v) is 5.04. The average Bonchev–Trinajstić information content (AvgIpc) is 3.02. The van der Waals surface area contributed by atoms with Gasteiger partial charge in [-0.3, -0.25) is 4.79 Å². The van der Waals surface area contributed by atoms with E-state index in [4.69, 9.17) is 9.47 Å². The molecular formula is C18H24FNO3. The fraction of sp³-hybridized carbons (Fsp3) is 0.611. The van der Waals surface area contributed by atoms with Crippen molar-refractivity contribution in [3.8, 4) is 0 Å². The zero-order chi connectivity index (χ0) is 16.3. The highest BCUT2D eigenvalue weighted by molar-refractivity contribution is 5.76. The molecule has 4 nitrogen and oxygen atoms in total. The number of ether oxygens (including phenoxy) is 2. The Bertz CT molecular complexity index is 557. The van der Waals surface area contributed by atoms with E-state index in [0.29, 0.717) is 31.5 Å². The van der Waals surface area contributed by atoms with E-state index in [1.165, 1.54) is 6.07 Å². The van der Waals surface area contributed by atoms with E-state index in [1.54, 1.807) is 25.3 Å². The van der Waals surface area contributed by atoms with Crippen molar-refractivity contribution in [1.82, 2.24) is 4.90 Å². The van der Waals surface area contributed by atoms with Crippen LogP contribution in [0.15, 0.2) is 24.3 Å². The number of rotatable bonds is 4. The van der Waals surface area contributed by atoms with Crippen molar-refractivity contribution in [2.24, 2.45) is 0 Å². The van der Waals surface area contributed by atoms with Crippen LogP contribution in [0.2, 0.25) is 0 Å². The second kappa shape index (κ2) is 6.97. The van der Waals surface area contributed by atoms with Crippen LogP contribution in [0.3, 0.4) is 0 Å². The SMILES string of the molecule is CO[C@H]1CCN(C(=O)CCc2ccccc2F)C[C@@]12CCCO2. The first-order valence-electron chi connectivity index (χ1n) is 8.32. The number of methoxy groups -OCH3 is 1. The van der Waals surface area contributed by atoms with Gasteiger partial charge in [-0.2, -0.15) is 0 Å². The molecule has 3 rings (SSSR count). The Labute approximate surface area is 136 Å². The highest BCUT2D eigenvalue weighted by Gasteiger charge is 2.48. The van der Waals surface area contributed by atoms with Crippen LogP contribution < -0.4 is 0 Å². The number of carbonyl (C=O) groups excluding carboxylic acids is 1. The maximum Gasteiger partial charge on any atom is 0.223 e. The summed E-state index contributed by atoms with van der Waals surface area (Å²) in [5.41, 5.74) is 0.250. The highest BCUT2D eigenvalue weighted by atomic mass is 19.1. The van der Waals surface area contributed by atoms with Crippen LogP contribution in [0.5, 0.6) is 0 Å². The van der Waals surface area contributed by atoms with Crippen LogP contribution in [0.1, 0.15) is 31.2 Å². The summed E-state index contributed by atoms with van der Waals surface area (Å²) in [7, 11) is 1.71. The number of likely N-dealkylation sites (tertiary alicyclic amines) is 1. The molecule has 2 atom stereocenters. The summed E-state index contributed by atoms with van der Waals surface area (Å²) in [6.07, 6.45) is 3.56. The lowest BCUT2D eigenvalue weighted by Crippen LogP contribution is -2.58. The summed E-state index contributed by atoms with van der Waals surface area (Å²) >= 11 is 0. The molecule has 1 aromatic carbocycles. The van der Waals surface area contributed by atoms with Crippen molar-refractivity contribution in [3.05, 3.63) is 35.6 Å². The zero-order valence-electron chi connectivity index (χ0n) is 13.6. The normalized spacial score (nSPS) is 27.6. The molecule has 5 heteroatoms. The van der Waals surface area contributed by atoms with E-state index < -0.39 is 0 Å². The van der Waals surface area contributed by atoms with Crippen molar-refractivity contribution in [2.75, 3.05) is 26.8 Å². The molecule has 1 amide bonds. The number of halogens is 1. The monoisotopic (exact) mass is 321 g/mol. The van der Waals surface area contributed by atoms with Gasteiger partial charge in [0.15, 0.2) is 0 Å². The first-order valence-corrected chi connectivity index (χ1v) is 8.32. The zero-order valence-corrected chi connectivity index (χ0v) is 13.6. The van der Waals surface area contributed by atoms with Crippen molar-refractivity contribution in [3.63, 3.8) is 0 Å². The van der Waals surface area contributed by atoms with Gasteiger partial charge in [-0.1, -0.05) is 18.2 Å². The predicted octanol–water partition coefficient (Wildman–Crippen LogP) is 2.55. The molecule has 1 aromatic rings. The third kappa shape index (κ3) is 3.40. The van der Waals surface area contributed by atoms with Gasteiger partial charge in [0.05, 0.1) is 12.6 Å². The van der Waals surface area contributed by atoms with Crippen LogP contribution >= 0.6 is 0 Å². The van der Waals surface area contributed by atoms with Crippen LogP contribution in [0, 0.1) is 5.82 Å². The average molecular weight is 321 g/mol. The molecule has 0 aromatic heterocycles. The second-order valence-electron chi connectivity index (χ2n) is 6.44. The molecule has 0 radical (unpaired) electrons. The van der Waals surface area contributed by atoms with Gasteiger partial charge in [0.2, 0.25) is 5.91 Å². The standard InChI is InChI=1S/C18H24FNO3/c1-22-16-9-11-20(13-18(16)10-4-12-23-18)17(21)8-7-14-5-2-3-6-15(14)19/h2-3,5-6,16H,4,7-13H2,1H3/t16-,18-/m0/s1. The first kappa shape index (κ1) is 16.4. The molecule has 2 heterocycles. The van der Waals surface area contributed by atoms with Gasteiger partial charge in [0, 0.05) is 26.7 Å². The van der Waals surface area contributed by atoms with Crippen molar-refractivity contribution in [2.45, 2.75) is 43.8 Å². The van der Waals surface area contributed by atoms with Crippen LogP contribution in [-0.4, -0.2) is 49.3 Å². The molecule has 126 valence electrons. The largest absolute Gasteiger partial charge is 0.378 e. The molecule has 0 aliphatic carbocycles. The van der Waals surface area contributed by atoms with Gasteiger partial charge >= 0.3 is 0 Å². The predicted molar refractivity (Wildman–Crippen MR) is 84.6 cm³/mol. The van der Waals surface area contributed by atoms with Gasteiger partial charge in [-0.05, 0) is 37.3 Å². The quantitative estimate of drug-likeness (QED) is 0.855. The minimum Gasteiger partial charge on any atom is -0.378 e. The number of carbonyl (C=O) groups is 1. The minimum absolute atomic E-state index is 0.0561. The lowest BCUT2D eigenvalue weighted by Gasteiger charge is -2.44. The molecule has 23 heavy (non-hydrogen) atoms. The van der Waals surface area contributed by atoms with E-state index in [2.05, 4.69) is 0 Å². The Kier molecular flexibility index (Phi) is 4.97. The molecular weight excluding hydrogens is 297 g/mol. The molecule has 0 bridgehead atoms. The fourth-order valence-electron chi connectivity index (χ4n) is 3.78. The molecule has 1 spiro atoms. The molecule has 0 unspecified atom stereocenters. The van der Waals surface area contributed by atoms with Gasteiger partial charge in [0.25, 0.3) is 0 Å². The summed E-state index contributed by atoms with van der Waals surface area (Å²) in [4.78, 5) is 14.4. The summed E-state index contributed by atoms with van der Waals surface area (Å²) < 4.78 is 25.2. The lowest BCUT2D eigenvalue weighted by atomic mass is 9.86. The van der Waals surface area contributed by atoms with E-state index in [9.17, 15) is 9.18 Å². The molecule has 2 fully saturated rings. The van der Waals surface area contributed by atoms with Gasteiger partial charge in [-0.25, -0.2) is 4.39 Å². The number of hydrogen-bond acceptors (Lipinski definition) is 3. The summed E-state index contributed by atoms with van der Waals surface area (Å²) in [5.74, 6) is -0.174. The maximum absolute atomic E-state index is 13.7. The number of aryl methyl sites for hydroxylation is 1. The van der Waals surface area contributed by atoms with Crippen LogP contribution in [-0.2, 0) is 20.7 Å². The second-order valence-corrected chi connectivity index (χ2v) is 6.44. The Balaban J connectivity index is 1.61. The Morgan fingerprint density at radius 3 is 3.00 bits per heavy atom. The Morgan fingerprint density at radius 2 is 2.30 bits per heavy atom. The van der Waals surface area contributed by atoms with Gasteiger partial charge in [0.1, 0.15) is 11.4 Å². The van der Waals surface area contributed by atoms with Gasteiger partial charge in [-0.15, -0.1) is 0 Å². The van der Waals surface area contributed by atoms with Crippen LogP contribution in [0.25, 0.3) is 0 Å². The van der Waals surface area contributed by atoms with Crippen molar-refractivity contribution >= 4 is 5.91 Å². The molecule has 0 saturated carbocycles. The molecule has 0 N–H and O–H groups in total. The fourth-order valence-corrected chi connectivity index (χ4v) is 3.78. The first-order chi connectivity index (χ1) is 11.1. The smallest absolute Gasteiger partial charge is 0.223 e. The maximum atomic E-state index is 13.7. The third-order valence-electron chi connectivity index (χ3n) is 5.04. The van der Waals surface area contributed by atoms with Gasteiger partial charge < -0.3 is 14.4 Å². The molecule has 2 saturated heterocycles. The molecule has 2 aliphatic heterocycles. The number of piperidine rings is 1. The van der Waals surface area contributed by atoms with E-state index in [1.807, 2.05) is 4.90 Å².